The molecule has 0 atom stereocenters. The Bertz CT molecular complexity index is 565. The second-order valence-corrected chi connectivity index (χ2v) is 4.30. The van der Waals surface area contributed by atoms with E-state index in [9.17, 15) is 8.78 Å². The van der Waals surface area contributed by atoms with E-state index in [0.717, 1.165) is 24.7 Å². The van der Waals surface area contributed by atoms with Gasteiger partial charge in [-0.25, -0.2) is 18.7 Å². The first-order valence-electron chi connectivity index (χ1n) is 6.14. The molecule has 1 aromatic carbocycles. The van der Waals surface area contributed by atoms with Crippen molar-refractivity contribution in [3.8, 4) is 11.3 Å². The molecule has 5 heteroatoms. The Morgan fingerprint density at radius 3 is 2.37 bits per heavy atom. The molecule has 0 fully saturated rings. The lowest BCUT2D eigenvalue weighted by Crippen LogP contribution is -2.05. The molecule has 0 aliphatic heterocycles. The molecule has 0 amide bonds. The number of nitrogens with one attached hydrogen (secondary N) is 1. The van der Waals surface area contributed by atoms with Gasteiger partial charge in [-0.2, -0.15) is 0 Å². The molecule has 0 saturated heterocycles. The van der Waals surface area contributed by atoms with Crippen molar-refractivity contribution in [2.75, 3.05) is 11.9 Å². The molecule has 1 N–H and O–H groups in total. The standard InChI is InChI=1S/C14H15F2N3/c1-3-4-17-14-18-9(2)5-13(19-14)10-6-11(15)8-12(16)7-10/h5-8H,3-4H2,1-2H3,(H,17,18,19). The minimum atomic E-state index is -0.616. The summed E-state index contributed by atoms with van der Waals surface area (Å²) in [7, 11) is 0. The Labute approximate surface area is 110 Å². The van der Waals surface area contributed by atoms with Gasteiger partial charge >= 0.3 is 0 Å². The Morgan fingerprint density at radius 2 is 1.74 bits per heavy atom. The molecular weight excluding hydrogens is 248 g/mol. The highest BCUT2D eigenvalue weighted by Gasteiger charge is 2.07. The van der Waals surface area contributed by atoms with Crippen LogP contribution in [0.25, 0.3) is 11.3 Å². The minimum absolute atomic E-state index is 0.405. The molecule has 0 bridgehead atoms. The molecule has 3 nitrogen and oxygen atoms in total. The van der Waals surface area contributed by atoms with Gasteiger partial charge in [-0.1, -0.05) is 6.92 Å². The van der Waals surface area contributed by atoms with Crippen LogP contribution in [0, 0.1) is 18.6 Å². The molecule has 1 aromatic heterocycles. The van der Waals surface area contributed by atoms with Gasteiger partial charge in [0.25, 0.3) is 0 Å². The number of anilines is 1. The molecular formula is C14H15F2N3. The van der Waals surface area contributed by atoms with Crippen LogP contribution in [0.15, 0.2) is 24.3 Å². The van der Waals surface area contributed by atoms with Crippen molar-refractivity contribution in [2.45, 2.75) is 20.3 Å². The highest BCUT2D eigenvalue weighted by atomic mass is 19.1. The predicted molar refractivity (Wildman–Crippen MR) is 70.9 cm³/mol. The van der Waals surface area contributed by atoms with Gasteiger partial charge in [0.2, 0.25) is 5.95 Å². The van der Waals surface area contributed by atoms with E-state index in [0.29, 0.717) is 17.2 Å². The first kappa shape index (κ1) is 13.4. The number of rotatable bonds is 4. The van der Waals surface area contributed by atoms with E-state index in [1.807, 2.05) is 13.8 Å². The molecule has 100 valence electrons. The van der Waals surface area contributed by atoms with E-state index in [-0.39, 0.29) is 0 Å². The predicted octanol–water partition coefficient (Wildman–Crippen LogP) is 3.55. The average molecular weight is 263 g/mol. The summed E-state index contributed by atoms with van der Waals surface area (Å²) >= 11 is 0. The van der Waals surface area contributed by atoms with Crippen molar-refractivity contribution in [3.63, 3.8) is 0 Å². The summed E-state index contributed by atoms with van der Waals surface area (Å²) in [4.78, 5) is 8.50. The number of halogens is 2. The molecule has 2 aromatic rings. The summed E-state index contributed by atoms with van der Waals surface area (Å²) in [6.45, 7) is 4.60. The van der Waals surface area contributed by atoms with Crippen LogP contribution in [0.2, 0.25) is 0 Å². The minimum Gasteiger partial charge on any atom is -0.354 e. The van der Waals surface area contributed by atoms with E-state index in [2.05, 4.69) is 15.3 Å². The molecule has 0 spiro atoms. The molecule has 0 unspecified atom stereocenters. The topological polar surface area (TPSA) is 37.8 Å². The number of aromatic nitrogens is 2. The first-order valence-corrected chi connectivity index (χ1v) is 6.14. The van der Waals surface area contributed by atoms with Crippen molar-refractivity contribution < 1.29 is 8.78 Å². The average Bonchev–Trinajstić information content (AvgIpc) is 2.34. The van der Waals surface area contributed by atoms with Gasteiger partial charge in [0.05, 0.1) is 5.69 Å². The van der Waals surface area contributed by atoms with E-state index >= 15 is 0 Å². The van der Waals surface area contributed by atoms with Crippen LogP contribution >= 0.6 is 0 Å². The summed E-state index contributed by atoms with van der Waals surface area (Å²) in [6.07, 6.45) is 0.946. The number of aryl methyl sites for hydroxylation is 1. The van der Waals surface area contributed by atoms with Crippen molar-refractivity contribution in [1.29, 1.82) is 0 Å². The fourth-order valence-electron chi connectivity index (χ4n) is 1.73. The summed E-state index contributed by atoms with van der Waals surface area (Å²) in [5.74, 6) is -0.759. The molecule has 0 aliphatic carbocycles. The van der Waals surface area contributed by atoms with Crippen molar-refractivity contribution in [1.82, 2.24) is 9.97 Å². The maximum Gasteiger partial charge on any atom is 0.223 e. The summed E-state index contributed by atoms with van der Waals surface area (Å²) in [5, 5.41) is 3.06. The third kappa shape index (κ3) is 3.47. The summed E-state index contributed by atoms with van der Waals surface area (Å²) in [5.41, 5.74) is 1.65. The zero-order chi connectivity index (χ0) is 13.8. The summed E-state index contributed by atoms with van der Waals surface area (Å²) < 4.78 is 26.4. The molecule has 19 heavy (non-hydrogen) atoms. The Balaban J connectivity index is 2.40. The van der Waals surface area contributed by atoms with Gasteiger partial charge in [-0.15, -0.1) is 0 Å². The monoisotopic (exact) mass is 263 g/mol. The largest absolute Gasteiger partial charge is 0.354 e. The Hall–Kier alpha value is -2.04. The molecule has 0 radical (unpaired) electrons. The molecule has 0 saturated carbocycles. The maximum atomic E-state index is 13.2. The number of hydrogen-bond donors (Lipinski definition) is 1. The van der Waals surface area contributed by atoms with Crippen molar-refractivity contribution >= 4 is 5.95 Å². The molecule has 0 aliphatic rings. The second-order valence-electron chi connectivity index (χ2n) is 4.30. The summed E-state index contributed by atoms with van der Waals surface area (Å²) in [6, 6.07) is 5.06. The smallest absolute Gasteiger partial charge is 0.223 e. The van der Waals surface area contributed by atoms with Crippen LogP contribution in [0.4, 0.5) is 14.7 Å². The van der Waals surface area contributed by atoms with Crippen LogP contribution in [0.5, 0.6) is 0 Å². The van der Waals surface area contributed by atoms with E-state index in [1.54, 1.807) is 6.07 Å². The van der Waals surface area contributed by atoms with Crippen molar-refractivity contribution in [3.05, 3.63) is 41.6 Å². The molecule has 2 rings (SSSR count). The first-order chi connectivity index (χ1) is 9.08. The van der Waals surface area contributed by atoms with Gasteiger partial charge < -0.3 is 5.32 Å². The third-order valence-corrected chi connectivity index (χ3v) is 2.55. The lowest BCUT2D eigenvalue weighted by molar-refractivity contribution is 0.584. The Morgan fingerprint density at radius 1 is 1.05 bits per heavy atom. The fraction of sp³-hybridized carbons (Fsp3) is 0.286. The highest BCUT2D eigenvalue weighted by Crippen LogP contribution is 2.21. The van der Waals surface area contributed by atoms with Gasteiger partial charge in [0.1, 0.15) is 11.6 Å². The zero-order valence-corrected chi connectivity index (χ0v) is 10.9. The quantitative estimate of drug-likeness (QED) is 0.916. The second kappa shape index (κ2) is 5.73. The van der Waals surface area contributed by atoms with Crippen LogP contribution < -0.4 is 5.32 Å². The van der Waals surface area contributed by atoms with Gasteiger partial charge in [-0.3, -0.25) is 0 Å². The van der Waals surface area contributed by atoms with E-state index in [4.69, 9.17) is 0 Å². The normalized spacial score (nSPS) is 10.5. The fourth-order valence-corrected chi connectivity index (χ4v) is 1.73. The molecule has 1 heterocycles. The van der Waals surface area contributed by atoms with Gasteiger partial charge in [0.15, 0.2) is 0 Å². The number of benzene rings is 1. The highest BCUT2D eigenvalue weighted by molar-refractivity contribution is 5.61. The number of hydrogen-bond acceptors (Lipinski definition) is 3. The van der Waals surface area contributed by atoms with Crippen LogP contribution in [-0.2, 0) is 0 Å². The van der Waals surface area contributed by atoms with E-state index < -0.39 is 11.6 Å². The van der Waals surface area contributed by atoms with Gasteiger partial charge in [-0.05, 0) is 31.5 Å². The lowest BCUT2D eigenvalue weighted by Gasteiger charge is -2.08. The van der Waals surface area contributed by atoms with E-state index in [1.165, 1.54) is 12.1 Å². The lowest BCUT2D eigenvalue weighted by atomic mass is 10.1. The third-order valence-electron chi connectivity index (χ3n) is 2.55. The van der Waals surface area contributed by atoms with Gasteiger partial charge in [0, 0.05) is 23.9 Å². The SMILES string of the molecule is CCCNc1nc(C)cc(-c2cc(F)cc(F)c2)n1. The van der Waals surface area contributed by atoms with Crippen LogP contribution in [-0.4, -0.2) is 16.5 Å². The van der Waals surface area contributed by atoms with Crippen LogP contribution in [0.1, 0.15) is 19.0 Å². The maximum absolute atomic E-state index is 13.2. The van der Waals surface area contributed by atoms with Crippen molar-refractivity contribution in [2.24, 2.45) is 0 Å². The number of nitrogens with zero attached hydrogens (tertiary/aromatic N) is 2. The Kier molecular flexibility index (Phi) is 4.04. The van der Waals surface area contributed by atoms with Crippen LogP contribution in [0.3, 0.4) is 0 Å². The zero-order valence-electron chi connectivity index (χ0n) is 10.9.